The van der Waals surface area contributed by atoms with E-state index in [2.05, 4.69) is 12.2 Å². The lowest BCUT2D eigenvalue weighted by atomic mass is 10.0. The molecule has 0 saturated heterocycles. The molecule has 0 aliphatic carbocycles. The normalized spacial score (nSPS) is 11.8. The van der Waals surface area contributed by atoms with Crippen molar-refractivity contribution in [1.29, 1.82) is 0 Å². The van der Waals surface area contributed by atoms with Crippen LogP contribution in [0.1, 0.15) is 108 Å². The van der Waals surface area contributed by atoms with Crippen LogP contribution in [0.15, 0.2) is 24.3 Å². The summed E-state index contributed by atoms with van der Waals surface area (Å²) in [7, 11) is 1.65. The number of methoxy groups -OCH3 is 1. The summed E-state index contributed by atoms with van der Waals surface area (Å²) in [4.78, 5) is 12.2. The van der Waals surface area contributed by atoms with E-state index >= 15 is 0 Å². The molecule has 1 atom stereocenters. The van der Waals surface area contributed by atoms with Gasteiger partial charge in [0, 0.05) is 12.3 Å². The Hall–Kier alpha value is -1.40. The maximum atomic E-state index is 12.2. The van der Waals surface area contributed by atoms with E-state index < -0.39 is 6.09 Å². The molecule has 0 aliphatic rings. The second kappa shape index (κ2) is 20.2. The molecule has 32 heavy (non-hydrogen) atoms. The van der Waals surface area contributed by atoms with Crippen molar-refractivity contribution in [3.8, 4) is 5.75 Å². The van der Waals surface area contributed by atoms with E-state index in [4.69, 9.17) is 14.0 Å². The highest BCUT2D eigenvalue weighted by Gasteiger charge is 2.16. The average molecular weight is 468 g/mol. The minimum Gasteiger partial charge on any atom is -0.497 e. The topological polar surface area (TPSA) is 67.8 Å². The van der Waals surface area contributed by atoms with E-state index in [0.717, 1.165) is 36.2 Å². The van der Waals surface area contributed by atoms with E-state index in [1.54, 1.807) is 7.11 Å². The molecule has 1 amide bonds. The lowest BCUT2D eigenvalue weighted by Gasteiger charge is -2.19. The molecular formula is C26H45NO4S. The predicted octanol–water partition coefficient (Wildman–Crippen LogP) is 8.15. The van der Waals surface area contributed by atoms with E-state index in [9.17, 15) is 4.79 Å². The van der Waals surface area contributed by atoms with Crippen molar-refractivity contribution in [3.63, 3.8) is 0 Å². The largest absolute Gasteiger partial charge is 0.497 e. The smallest absolute Gasteiger partial charge is 0.407 e. The summed E-state index contributed by atoms with van der Waals surface area (Å²) >= 11 is 0.789. The van der Waals surface area contributed by atoms with Crippen molar-refractivity contribution in [3.05, 3.63) is 29.8 Å². The Balaban J connectivity index is 2.29. The van der Waals surface area contributed by atoms with Crippen molar-refractivity contribution >= 4 is 18.1 Å². The van der Waals surface area contributed by atoms with Gasteiger partial charge in [-0.05, 0) is 49.0 Å². The van der Waals surface area contributed by atoms with E-state index in [-0.39, 0.29) is 6.10 Å². The van der Waals surface area contributed by atoms with Gasteiger partial charge in [0.2, 0.25) is 0 Å². The van der Waals surface area contributed by atoms with Crippen LogP contribution >= 0.6 is 12.0 Å². The van der Waals surface area contributed by atoms with Crippen LogP contribution in [0.3, 0.4) is 0 Å². The molecule has 1 rings (SSSR count). The van der Waals surface area contributed by atoms with Gasteiger partial charge in [0.1, 0.15) is 11.9 Å². The predicted molar refractivity (Wildman–Crippen MR) is 136 cm³/mol. The third-order valence-corrected chi connectivity index (χ3v) is 6.21. The molecule has 6 heteroatoms. The van der Waals surface area contributed by atoms with Gasteiger partial charge in [-0.25, -0.2) is 4.79 Å². The van der Waals surface area contributed by atoms with Crippen molar-refractivity contribution in [2.75, 3.05) is 19.4 Å². The number of amides is 1. The first-order valence-electron chi connectivity index (χ1n) is 12.6. The molecule has 0 radical (unpaired) electrons. The summed E-state index contributed by atoms with van der Waals surface area (Å²) in [5.74, 6) is 1.39. The Kier molecular flexibility index (Phi) is 18.1. The fraction of sp³-hybridized carbons (Fsp3) is 0.731. The summed E-state index contributed by atoms with van der Waals surface area (Å²) in [5.41, 5.74) is 0.995. The molecule has 0 bridgehead atoms. The number of carbonyl (C=O) groups excluding carboxylic acids is 1. The molecule has 0 spiro atoms. The van der Waals surface area contributed by atoms with Crippen molar-refractivity contribution in [2.45, 2.75) is 103 Å². The Morgan fingerprint density at radius 1 is 0.906 bits per heavy atom. The van der Waals surface area contributed by atoms with Crippen LogP contribution in [0.4, 0.5) is 4.79 Å². The summed E-state index contributed by atoms with van der Waals surface area (Å²) < 4.78 is 19.7. The van der Waals surface area contributed by atoms with Crippen LogP contribution in [-0.4, -0.2) is 30.1 Å². The molecule has 0 saturated carbocycles. The minimum atomic E-state index is -0.396. The van der Waals surface area contributed by atoms with E-state index in [0.29, 0.717) is 18.7 Å². The first-order valence-corrected chi connectivity index (χ1v) is 13.5. The Bertz CT molecular complexity index is 567. The number of carbonyl (C=O) groups is 1. The molecule has 1 aromatic rings. The Labute approximate surface area is 200 Å². The molecule has 184 valence electrons. The van der Waals surface area contributed by atoms with Gasteiger partial charge in [0.15, 0.2) is 0 Å². The first kappa shape index (κ1) is 28.6. The van der Waals surface area contributed by atoms with E-state index in [1.807, 2.05) is 24.3 Å². The fourth-order valence-electron chi connectivity index (χ4n) is 3.78. The lowest BCUT2D eigenvalue weighted by molar-refractivity contribution is 0.0908. The Morgan fingerprint density at radius 2 is 1.47 bits per heavy atom. The lowest BCUT2D eigenvalue weighted by Crippen LogP contribution is -2.27. The number of alkyl carbamates (subject to hydrolysis) is 1. The number of rotatable bonds is 20. The quantitative estimate of drug-likeness (QED) is 0.150. The minimum absolute atomic E-state index is 0.253. The number of benzene rings is 1. The van der Waals surface area contributed by atoms with Gasteiger partial charge in [-0.3, -0.25) is 0 Å². The van der Waals surface area contributed by atoms with Gasteiger partial charge in [0.05, 0.1) is 7.11 Å². The molecule has 0 heterocycles. The SMILES string of the molecule is CCCCCCCCCCCCCCC(OC(=O)NCCCSO)c1ccc(OC)cc1. The van der Waals surface area contributed by atoms with Crippen LogP contribution < -0.4 is 10.1 Å². The average Bonchev–Trinajstić information content (AvgIpc) is 2.82. The molecular weight excluding hydrogens is 422 g/mol. The fourth-order valence-corrected chi connectivity index (χ4v) is 4.05. The van der Waals surface area contributed by atoms with Crippen molar-refractivity contribution in [2.24, 2.45) is 0 Å². The second-order valence-corrected chi connectivity index (χ2v) is 9.12. The molecule has 0 aliphatic heterocycles. The van der Waals surface area contributed by atoms with Crippen LogP contribution in [0.5, 0.6) is 5.75 Å². The van der Waals surface area contributed by atoms with Crippen LogP contribution in [-0.2, 0) is 4.74 Å². The maximum Gasteiger partial charge on any atom is 0.407 e. The van der Waals surface area contributed by atoms with Gasteiger partial charge >= 0.3 is 6.09 Å². The van der Waals surface area contributed by atoms with E-state index in [1.165, 1.54) is 70.6 Å². The summed E-state index contributed by atoms with van der Waals surface area (Å²) in [5, 5.41) is 2.78. The van der Waals surface area contributed by atoms with Crippen LogP contribution in [0.2, 0.25) is 0 Å². The highest BCUT2D eigenvalue weighted by molar-refractivity contribution is 7.93. The van der Waals surface area contributed by atoms with Crippen molar-refractivity contribution in [1.82, 2.24) is 5.32 Å². The summed E-state index contributed by atoms with van der Waals surface area (Å²) in [6.45, 7) is 2.76. The molecule has 5 nitrogen and oxygen atoms in total. The zero-order valence-corrected chi connectivity index (χ0v) is 21.1. The zero-order valence-electron chi connectivity index (χ0n) is 20.3. The molecule has 0 fully saturated rings. The monoisotopic (exact) mass is 467 g/mol. The number of hydrogen-bond acceptors (Lipinski definition) is 5. The van der Waals surface area contributed by atoms with Crippen molar-refractivity contribution < 1.29 is 18.8 Å². The summed E-state index contributed by atoms with van der Waals surface area (Å²) in [6, 6.07) is 7.76. The van der Waals surface area contributed by atoms with Crippen LogP contribution in [0, 0.1) is 0 Å². The van der Waals surface area contributed by atoms with Crippen LogP contribution in [0.25, 0.3) is 0 Å². The number of nitrogens with one attached hydrogen (secondary N) is 1. The zero-order chi connectivity index (χ0) is 23.3. The third kappa shape index (κ3) is 14.6. The third-order valence-electron chi connectivity index (χ3n) is 5.74. The first-order chi connectivity index (χ1) is 15.7. The standard InChI is InChI=1S/C26H45NO4S/c1-3-4-5-6-7-8-9-10-11-12-13-14-16-25(23-17-19-24(30-2)20-18-23)31-26(28)27-21-15-22-32-29/h17-20,25,29H,3-16,21-22H2,1-2H3,(H,27,28). The van der Waals surface area contributed by atoms with Gasteiger partial charge in [-0.15, -0.1) is 0 Å². The molecule has 0 aromatic heterocycles. The second-order valence-electron chi connectivity index (χ2n) is 8.46. The number of unbranched alkanes of at least 4 members (excludes halogenated alkanes) is 11. The maximum absolute atomic E-state index is 12.2. The molecule has 1 unspecified atom stereocenters. The highest BCUT2D eigenvalue weighted by atomic mass is 32.2. The van der Waals surface area contributed by atoms with Gasteiger partial charge in [-0.1, -0.05) is 89.7 Å². The molecule has 2 N–H and O–H groups in total. The number of hydrogen-bond donors (Lipinski definition) is 2. The van der Waals surface area contributed by atoms with Gasteiger partial charge < -0.3 is 19.3 Å². The van der Waals surface area contributed by atoms with Gasteiger partial charge in [-0.2, -0.15) is 0 Å². The van der Waals surface area contributed by atoms with Gasteiger partial charge in [0.25, 0.3) is 0 Å². The summed E-state index contributed by atoms with van der Waals surface area (Å²) in [6.07, 6.45) is 16.6. The number of ether oxygens (including phenoxy) is 2. The molecule has 1 aromatic carbocycles. The Morgan fingerprint density at radius 3 is 2.00 bits per heavy atom. The highest BCUT2D eigenvalue weighted by Crippen LogP contribution is 2.26.